The summed E-state index contributed by atoms with van der Waals surface area (Å²) in [7, 11) is 0. The Bertz CT molecular complexity index is 766. The van der Waals surface area contributed by atoms with Crippen molar-refractivity contribution in [3.8, 4) is 0 Å². The Hall–Kier alpha value is -2.69. The molecule has 0 aliphatic heterocycles. The van der Waals surface area contributed by atoms with Crippen LogP contribution in [0.1, 0.15) is 22.8 Å². The lowest BCUT2D eigenvalue weighted by Crippen LogP contribution is -2.33. The molecule has 0 N–H and O–H groups in total. The van der Waals surface area contributed by atoms with Crippen molar-refractivity contribution in [2.45, 2.75) is 13.3 Å². The van der Waals surface area contributed by atoms with Crippen molar-refractivity contribution in [2.24, 2.45) is 0 Å². The summed E-state index contributed by atoms with van der Waals surface area (Å²) in [4.78, 5) is 22.9. The highest BCUT2D eigenvalue weighted by atomic mass is 16.2. The monoisotopic (exact) mass is 294 g/mol. The van der Waals surface area contributed by atoms with Crippen molar-refractivity contribution in [3.63, 3.8) is 0 Å². The fourth-order valence-electron chi connectivity index (χ4n) is 2.50. The molecule has 0 saturated heterocycles. The molecule has 0 fully saturated rings. The summed E-state index contributed by atoms with van der Waals surface area (Å²) in [5.74, 6) is 0.0216. The Morgan fingerprint density at radius 3 is 2.77 bits per heavy atom. The number of hydrogen-bond donors (Lipinski definition) is 0. The molecule has 0 aliphatic carbocycles. The Labute approximate surface area is 129 Å². The summed E-state index contributed by atoms with van der Waals surface area (Å²) in [5, 5.41) is 0. The van der Waals surface area contributed by atoms with Gasteiger partial charge in [-0.1, -0.05) is 0 Å². The maximum Gasteiger partial charge on any atom is 0.257 e. The Kier molecular flexibility index (Phi) is 4.14. The zero-order valence-corrected chi connectivity index (χ0v) is 12.5. The fraction of sp³-hybridized carbons (Fsp3) is 0.235. The van der Waals surface area contributed by atoms with E-state index >= 15 is 0 Å². The van der Waals surface area contributed by atoms with E-state index in [0.717, 1.165) is 6.42 Å². The van der Waals surface area contributed by atoms with Crippen LogP contribution in [0, 0.1) is 0 Å². The van der Waals surface area contributed by atoms with Crippen LogP contribution in [0.25, 0.3) is 5.65 Å². The van der Waals surface area contributed by atoms with Crippen molar-refractivity contribution in [1.29, 1.82) is 0 Å². The van der Waals surface area contributed by atoms with Crippen LogP contribution in [0.3, 0.4) is 0 Å². The normalized spacial score (nSPS) is 10.8. The highest BCUT2D eigenvalue weighted by Gasteiger charge is 2.17. The largest absolute Gasteiger partial charge is 0.338 e. The molecule has 3 rings (SSSR count). The van der Waals surface area contributed by atoms with Gasteiger partial charge in [0.25, 0.3) is 5.91 Å². The van der Waals surface area contributed by atoms with Crippen LogP contribution in [-0.4, -0.2) is 38.3 Å². The maximum absolute atomic E-state index is 12.8. The number of aromatic nitrogens is 3. The average molecular weight is 294 g/mol. The molecular formula is C17H18N4O. The SMILES string of the molecule is CCN(CCc1ccncc1)C(=O)c1cccn2ccnc12. The highest BCUT2D eigenvalue weighted by Crippen LogP contribution is 2.12. The van der Waals surface area contributed by atoms with Crippen LogP contribution in [0.15, 0.2) is 55.2 Å². The summed E-state index contributed by atoms with van der Waals surface area (Å²) in [6.07, 6.45) is 9.82. The number of fused-ring (bicyclic) bond motifs is 1. The minimum absolute atomic E-state index is 0.0216. The number of rotatable bonds is 5. The third-order valence-electron chi connectivity index (χ3n) is 3.74. The number of imidazole rings is 1. The first kappa shape index (κ1) is 14.3. The van der Waals surface area contributed by atoms with Crippen molar-refractivity contribution in [3.05, 3.63) is 66.4 Å². The predicted molar refractivity (Wildman–Crippen MR) is 84.7 cm³/mol. The first-order valence-electron chi connectivity index (χ1n) is 7.39. The number of amides is 1. The van der Waals surface area contributed by atoms with Gasteiger partial charge in [-0.2, -0.15) is 0 Å². The van der Waals surface area contributed by atoms with Crippen molar-refractivity contribution < 1.29 is 4.79 Å². The first-order valence-corrected chi connectivity index (χ1v) is 7.39. The maximum atomic E-state index is 12.8. The van der Waals surface area contributed by atoms with Gasteiger partial charge in [-0.05, 0) is 43.2 Å². The van der Waals surface area contributed by atoms with Crippen LogP contribution < -0.4 is 0 Å². The second-order valence-electron chi connectivity index (χ2n) is 5.07. The number of pyridine rings is 2. The predicted octanol–water partition coefficient (Wildman–Crippen LogP) is 2.43. The average Bonchev–Trinajstić information content (AvgIpc) is 3.04. The van der Waals surface area contributed by atoms with E-state index in [1.807, 2.05) is 52.9 Å². The van der Waals surface area contributed by atoms with Gasteiger partial charge in [0.2, 0.25) is 0 Å². The fourth-order valence-corrected chi connectivity index (χ4v) is 2.50. The van der Waals surface area contributed by atoms with Crippen LogP contribution in [0.2, 0.25) is 0 Å². The van der Waals surface area contributed by atoms with Crippen LogP contribution in [0.4, 0.5) is 0 Å². The van der Waals surface area contributed by atoms with E-state index < -0.39 is 0 Å². The molecule has 0 saturated carbocycles. The van der Waals surface area contributed by atoms with E-state index in [2.05, 4.69) is 9.97 Å². The van der Waals surface area contributed by atoms with Gasteiger partial charge in [-0.25, -0.2) is 4.98 Å². The van der Waals surface area contributed by atoms with E-state index in [0.29, 0.717) is 24.3 Å². The van der Waals surface area contributed by atoms with Crippen molar-refractivity contribution in [1.82, 2.24) is 19.3 Å². The second-order valence-corrected chi connectivity index (χ2v) is 5.07. The summed E-state index contributed by atoms with van der Waals surface area (Å²) in [6.45, 7) is 3.35. The summed E-state index contributed by atoms with van der Waals surface area (Å²) in [5.41, 5.74) is 2.53. The van der Waals surface area contributed by atoms with Crippen LogP contribution in [0.5, 0.6) is 0 Å². The molecule has 3 heterocycles. The minimum atomic E-state index is 0.0216. The number of carbonyl (C=O) groups is 1. The van der Waals surface area contributed by atoms with Gasteiger partial charge in [-0.3, -0.25) is 9.78 Å². The number of hydrogen-bond acceptors (Lipinski definition) is 3. The number of nitrogens with zero attached hydrogens (tertiary/aromatic N) is 4. The lowest BCUT2D eigenvalue weighted by molar-refractivity contribution is 0.0767. The highest BCUT2D eigenvalue weighted by molar-refractivity contribution is 5.99. The molecule has 5 heteroatoms. The molecule has 3 aromatic heterocycles. The van der Waals surface area contributed by atoms with Crippen LogP contribution in [-0.2, 0) is 6.42 Å². The zero-order chi connectivity index (χ0) is 15.4. The Morgan fingerprint density at radius 1 is 1.18 bits per heavy atom. The van der Waals surface area contributed by atoms with E-state index in [-0.39, 0.29) is 5.91 Å². The molecule has 0 spiro atoms. The van der Waals surface area contributed by atoms with Gasteiger partial charge in [0.1, 0.15) is 5.65 Å². The molecule has 0 bridgehead atoms. The lowest BCUT2D eigenvalue weighted by Gasteiger charge is -2.21. The summed E-state index contributed by atoms with van der Waals surface area (Å²) >= 11 is 0. The van der Waals surface area contributed by atoms with E-state index in [1.165, 1.54) is 5.56 Å². The molecular weight excluding hydrogens is 276 g/mol. The molecule has 0 unspecified atom stereocenters. The molecule has 0 radical (unpaired) electrons. The van der Waals surface area contributed by atoms with E-state index in [4.69, 9.17) is 0 Å². The standard InChI is InChI=1S/C17H18N4O/c1-2-20(12-7-14-5-8-18-9-6-14)17(22)15-4-3-11-21-13-10-19-16(15)21/h3-6,8-11,13H,2,7,12H2,1H3. The van der Waals surface area contributed by atoms with Gasteiger partial charge in [0, 0.05) is 44.1 Å². The lowest BCUT2D eigenvalue weighted by atomic mass is 10.1. The van der Waals surface area contributed by atoms with Gasteiger partial charge in [-0.15, -0.1) is 0 Å². The van der Waals surface area contributed by atoms with E-state index in [1.54, 1.807) is 18.6 Å². The number of carbonyl (C=O) groups excluding carboxylic acids is 1. The van der Waals surface area contributed by atoms with Crippen molar-refractivity contribution in [2.75, 3.05) is 13.1 Å². The molecule has 0 aliphatic rings. The first-order chi connectivity index (χ1) is 10.8. The summed E-state index contributed by atoms with van der Waals surface area (Å²) in [6, 6.07) is 7.67. The smallest absolute Gasteiger partial charge is 0.257 e. The quantitative estimate of drug-likeness (QED) is 0.726. The zero-order valence-electron chi connectivity index (χ0n) is 12.5. The molecule has 22 heavy (non-hydrogen) atoms. The van der Waals surface area contributed by atoms with Gasteiger partial charge < -0.3 is 9.30 Å². The Balaban J connectivity index is 1.78. The minimum Gasteiger partial charge on any atom is -0.338 e. The van der Waals surface area contributed by atoms with Gasteiger partial charge in [0.15, 0.2) is 0 Å². The molecule has 112 valence electrons. The second kappa shape index (κ2) is 6.39. The third kappa shape index (κ3) is 2.83. The van der Waals surface area contributed by atoms with Crippen molar-refractivity contribution >= 4 is 11.6 Å². The summed E-state index contributed by atoms with van der Waals surface area (Å²) < 4.78 is 1.87. The third-order valence-corrected chi connectivity index (χ3v) is 3.74. The van der Waals surface area contributed by atoms with E-state index in [9.17, 15) is 4.79 Å². The topological polar surface area (TPSA) is 50.5 Å². The Morgan fingerprint density at radius 2 is 2.00 bits per heavy atom. The molecule has 0 atom stereocenters. The number of likely N-dealkylation sites (N-methyl/N-ethyl adjacent to an activating group) is 1. The molecule has 0 aromatic carbocycles. The molecule has 5 nitrogen and oxygen atoms in total. The van der Waals surface area contributed by atoms with Crippen LogP contribution >= 0.6 is 0 Å². The van der Waals surface area contributed by atoms with Gasteiger partial charge >= 0.3 is 0 Å². The molecule has 1 amide bonds. The molecule has 3 aromatic rings. The van der Waals surface area contributed by atoms with Gasteiger partial charge in [0.05, 0.1) is 5.56 Å².